The van der Waals surface area contributed by atoms with E-state index in [1.807, 2.05) is 13.8 Å². The van der Waals surface area contributed by atoms with Gasteiger partial charge >= 0.3 is 5.97 Å². The van der Waals surface area contributed by atoms with Crippen molar-refractivity contribution < 1.29 is 9.53 Å². The summed E-state index contributed by atoms with van der Waals surface area (Å²) in [6.07, 6.45) is 1.07. The quantitative estimate of drug-likeness (QED) is 0.692. The van der Waals surface area contributed by atoms with Gasteiger partial charge in [0.05, 0.1) is 12.5 Å². The molecular weight excluding hydrogens is 190 g/mol. The van der Waals surface area contributed by atoms with Crippen molar-refractivity contribution in [2.75, 3.05) is 20.2 Å². The molecular formula is C9H18ClNO2. The molecule has 0 unspecified atom stereocenters. The largest absolute Gasteiger partial charge is 0.469 e. The van der Waals surface area contributed by atoms with Crippen LogP contribution in [0.5, 0.6) is 0 Å². The number of rotatable bonds is 2. The van der Waals surface area contributed by atoms with E-state index in [2.05, 4.69) is 5.32 Å². The van der Waals surface area contributed by atoms with Crippen LogP contribution in [0.15, 0.2) is 0 Å². The lowest BCUT2D eigenvalue weighted by Gasteiger charge is -2.27. The van der Waals surface area contributed by atoms with Crippen molar-refractivity contribution in [3.05, 3.63) is 0 Å². The molecule has 0 aromatic rings. The van der Waals surface area contributed by atoms with Gasteiger partial charge in [-0.3, -0.25) is 4.79 Å². The van der Waals surface area contributed by atoms with E-state index < -0.39 is 0 Å². The van der Waals surface area contributed by atoms with Crippen LogP contribution >= 0.6 is 12.4 Å². The third-order valence-electron chi connectivity index (χ3n) is 2.79. The highest BCUT2D eigenvalue weighted by Crippen LogP contribution is 2.32. The summed E-state index contributed by atoms with van der Waals surface area (Å²) in [5, 5.41) is 3.25. The summed E-state index contributed by atoms with van der Waals surface area (Å²) < 4.78 is 4.76. The van der Waals surface area contributed by atoms with Gasteiger partial charge in [-0.25, -0.2) is 0 Å². The average molecular weight is 208 g/mol. The van der Waals surface area contributed by atoms with Gasteiger partial charge in [-0.2, -0.15) is 0 Å². The molecule has 1 saturated heterocycles. The van der Waals surface area contributed by atoms with Crippen molar-refractivity contribution in [2.24, 2.45) is 11.3 Å². The molecule has 0 aromatic heterocycles. The maximum absolute atomic E-state index is 11.4. The molecule has 0 aliphatic carbocycles. The number of ether oxygens (including phenoxy) is 1. The number of nitrogens with one attached hydrogen (secondary N) is 1. The van der Waals surface area contributed by atoms with Crippen molar-refractivity contribution >= 4 is 18.4 Å². The highest BCUT2D eigenvalue weighted by atomic mass is 35.5. The molecule has 0 spiro atoms. The summed E-state index contributed by atoms with van der Waals surface area (Å²) in [5.74, 6) is 0.321. The summed E-state index contributed by atoms with van der Waals surface area (Å²) in [4.78, 5) is 11.4. The zero-order chi connectivity index (χ0) is 9.19. The molecule has 1 N–H and O–H groups in total. The van der Waals surface area contributed by atoms with Crippen molar-refractivity contribution in [3.8, 4) is 0 Å². The molecule has 1 aliphatic heterocycles. The lowest BCUT2D eigenvalue weighted by atomic mass is 9.78. The number of halogens is 1. The van der Waals surface area contributed by atoms with Crippen LogP contribution in [0.2, 0.25) is 0 Å². The highest BCUT2D eigenvalue weighted by molar-refractivity contribution is 5.85. The number of carbonyl (C=O) groups excluding carboxylic acids is 1. The predicted molar refractivity (Wildman–Crippen MR) is 54.0 cm³/mol. The third-order valence-corrected chi connectivity index (χ3v) is 2.79. The van der Waals surface area contributed by atoms with Crippen LogP contribution in [-0.2, 0) is 9.53 Å². The summed E-state index contributed by atoms with van der Waals surface area (Å²) in [5.41, 5.74) is -0.335. The van der Waals surface area contributed by atoms with Gasteiger partial charge in [0, 0.05) is 0 Å². The summed E-state index contributed by atoms with van der Waals surface area (Å²) in [6, 6.07) is 0. The molecule has 1 heterocycles. The average Bonchev–Trinajstić information content (AvgIpc) is 2.55. The first-order chi connectivity index (χ1) is 5.59. The Morgan fingerprint density at radius 1 is 1.54 bits per heavy atom. The summed E-state index contributed by atoms with van der Waals surface area (Å²) >= 11 is 0. The molecule has 0 saturated carbocycles. The van der Waals surface area contributed by atoms with E-state index in [4.69, 9.17) is 4.74 Å². The van der Waals surface area contributed by atoms with E-state index in [1.165, 1.54) is 7.11 Å². The van der Waals surface area contributed by atoms with E-state index in [0.29, 0.717) is 5.92 Å². The lowest BCUT2D eigenvalue weighted by molar-refractivity contribution is -0.153. The number of esters is 1. The van der Waals surface area contributed by atoms with Gasteiger partial charge in [0.2, 0.25) is 0 Å². The minimum atomic E-state index is -0.335. The second-order valence-corrected chi connectivity index (χ2v) is 3.90. The van der Waals surface area contributed by atoms with E-state index in [-0.39, 0.29) is 23.8 Å². The molecule has 13 heavy (non-hydrogen) atoms. The Morgan fingerprint density at radius 2 is 2.15 bits per heavy atom. The smallest absolute Gasteiger partial charge is 0.311 e. The van der Waals surface area contributed by atoms with Gasteiger partial charge in [0.1, 0.15) is 0 Å². The second kappa shape index (κ2) is 4.82. The molecule has 0 aromatic carbocycles. The van der Waals surface area contributed by atoms with Gasteiger partial charge < -0.3 is 10.1 Å². The molecule has 78 valence electrons. The molecule has 3 nitrogen and oxygen atoms in total. The maximum atomic E-state index is 11.4. The number of methoxy groups -OCH3 is 1. The second-order valence-electron chi connectivity index (χ2n) is 3.90. The first-order valence-electron chi connectivity index (χ1n) is 4.38. The van der Waals surface area contributed by atoms with Gasteiger partial charge in [-0.05, 0) is 39.3 Å². The molecule has 1 aliphatic rings. The Bertz CT molecular complexity index is 176. The van der Waals surface area contributed by atoms with Crippen LogP contribution in [0.1, 0.15) is 20.3 Å². The molecule has 0 bridgehead atoms. The predicted octanol–water partition coefficient (Wildman–Crippen LogP) is 1.22. The molecule has 1 rings (SSSR count). The molecule has 1 atom stereocenters. The Balaban J connectivity index is 0.00000144. The van der Waals surface area contributed by atoms with Crippen LogP contribution in [0.3, 0.4) is 0 Å². The normalized spacial score (nSPS) is 22.2. The van der Waals surface area contributed by atoms with E-state index in [9.17, 15) is 4.79 Å². The van der Waals surface area contributed by atoms with Gasteiger partial charge in [0.25, 0.3) is 0 Å². The van der Waals surface area contributed by atoms with E-state index >= 15 is 0 Å². The standard InChI is InChI=1S/C9H17NO2.ClH/c1-9(2,8(11)12-3)7-4-5-10-6-7;/h7,10H,4-6H2,1-3H3;1H/t7-;/m0./s1. The van der Waals surface area contributed by atoms with Crippen molar-refractivity contribution in [3.63, 3.8) is 0 Å². The fourth-order valence-electron chi connectivity index (χ4n) is 1.70. The fraction of sp³-hybridized carbons (Fsp3) is 0.889. The topological polar surface area (TPSA) is 38.3 Å². The third kappa shape index (κ3) is 2.58. The van der Waals surface area contributed by atoms with E-state index in [0.717, 1.165) is 19.5 Å². The Labute approximate surface area is 85.6 Å². The van der Waals surface area contributed by atoms with Gasteiger partial charge in [0.15, 0.2) is 0 Å². The summed E-state index contributed by atoms with van der Waals surface area (Å²) in [6.45, 7) is 5.86. The van der Waals surface area contributed by atoms with E-state index in [1.54, 1.807) is 0 Å². The number of carbonyl (C=O) groups is 1. The zero-order valence-electron chi connectivity index (χ0n) is 8.42. The first-order valence-corrected chi connectivity index (χ1v) is 4.38. The Morgan fingerprint density at radius 3 is 2.54 bits per heavy atom. The Hall–Kier alpha value is -0.280. The Kier molecular flexibility index (Phi) is 4.71. The van der Waals surface area contributed by atoms with Crippen molar-refractivity contribution in [2.45, 2.75) is 20.3 Å². The first kappa shape index (κ1) is 12.7. The zero-order valence-corrected chi connectivity index (χ0v) is 9.24. The lowest BCUT2D eigenvalue weighted by Crippen LogP contribution is -2.35. The minimum absolute atomic E-state index is 0. The van der Waals surface area contributed by atoms with Gasteiger partial charge in [-0.1, -0.05) is 0 Å². The van der Waals surface area contributed by atoms with Crippen LogP contribution in [0, 0.1) is 11.3 Å². The van der Waals surface area contributed by atoms with Crippen LogP contribution in [-0.4, -0.2) is 26.2 Å². The summed E-state index contributed by atoms with van der Waals surface area (Å²) in [7, 11) is 1.45. The van der Waals surface area contributed by atoms with Crippen molar-refractivity contribution in [1.82, 2.24) is 5.32 Å². The SMILES string of the molecule is COC(=O)C(C)(C)[C@H]1CCNC1.Cl. The maximum Gasteiger partial charge on any atom is 0.311 e. The highest BCUT2D eigenvalue weighted by Gasteiger charge is 2.38. The van der Waals surface area contributed by atoms with Crippen LogP contribution in [0.25, 0.3) is 0 Å². The monoisotopic (exact) mass is 207 g/mol. The molecule has 0 amide bonds. The number of hydrogen-bond acceptors (Lipinski definition) is 3. The van der Waals surface area contributed by atoms with Crippen molar-refractivity contribution in [1.29, 1.82) is 0 Å². The van der Waals surface area contributed by atoms with Gasteiger partial charge in [-0.15, -0.1) is 12.4 Å². The van der Waals surface area contributed by atoms with Crippen LogP contribution < -0.4 is 5.32 Å². The fourth-order valence-corrected chi connectivity index (χ4v) is 1.70. The number of hydrogen-bond donors (Lipinski definition) is 1. The van der Waals surface area contributed by atoms with Crippen LogP contribution in [0.4, 0.5) is 0 Å². The molecule has 0 radical (unpaired) electrons. The minimum Gasteiger partial charge on any atom is -0.469 e. The molecule has 4 heteroatoms. The molecule has 1 fully saturated rings.